The molecule has 0 bridgehead atoms. The SMILES string of the molecule is CC1Oc2ccccc2C2=C1O2. The van der Waals surface area contributed by atoms with Crippen LogP contribution in [0, 0.1) is 0 Å². The van der Waals surface area contributed by atoms with E-state index in [9.17, 15) is 0 Å². The lowest BCUT2D eigenvalue weighted by Gasteiger charge is -2.12. The van der Waals surface area contributed by atoms with Gasteiger partial charge in [-0.3, -0.25) is 0 Å². The molecule has 0 N–H and O–H groups in total. The average Bonchev–Trinajstić information content (AvgIpc) is 2.84. The second-order valence-corrected chi connectivity index (χ2v) is 3.05. The Morgan fingerprint density at radius 2 is 2.08 bits per heavy atom. The molecule has 2 heteroatoms. The predicted molar refractivity (Wildman–Crippen MR) is 44.5 cm³/mol. The lowest BCUT2D eigenvalue weighted by Crippen LogP contribution is -2.12. The molecular weight excluding hydrogens is 152 g/mol. The van der Waals surface area contributed by atoms with Crippen LogP contribution in [0.1, 0.15) is 12.5 Å². The zero-order chi connectivity index (χ0) is 8.13. The molecule has 0 saturated carbocycles. The van der Waals surface area contributed by atoms with E-state index in [1.165, 1.54) is 0 Å². The Bertz CT molecular complexity index is 379. The molecule has 2 nitrogen and oxygen atoms in total. The quantitative estimate of drug-likeness (QED) is 0.580. The maximum Gasteiger partial charge on any atom is 0.188 e. The molecular formula is C10H8O2. The summed E-state index contributed by atoms with van der Waals surface area (Å²) in [5.41, 5.74) is 1.09. The standard InChI is InChI=1S/C10H8O2/c1-6-9-10(12-9)7-4-2-3-5-8(7)11-6/h2-6H,1H3. The fourth-order valence-corrected chi connectivity index (χ4v) is 1.54. The van der Waals surface area contributed by atoms with E-state index in [0.29, 0.717) is 0 Å². The van der Waals surface area contributed by atoms with Gasteiger partial charge in [-0.1, -0.05) is 12.1 Å². The van der Waals surface area contributed by atoms with Crippen LogP contribution < -0.4 is 4.74 Å². The molecule has 0 saturated heterocycles. The molecule has 3 rings (SSSR count). The van der Waals surface area contributed by atoms with Gasteiger partial charge >= 0.3 is 0 Å². The average molecular weight is 160 g/mol. The van der Waals surface area contributed by atoms with Gasteiger partial charge in [-0.05, 0) is 19.1 Å². The van der Waals surface area contributed by atoms with E-state index in [-0.39, 0.29) is 6.10 Å². The molecule has 2 aliphatic rings. The molecule has 2 heterocycles. The fourth-order valence-electron chi connectivity index (χ4n) is 1.54. The highest BCUT2D eigenvalue weighted by molar-refractivity contribution is 5.78. The van der Waals surface area contributed by atoms with Crippen LogP contribution in [0.2, 0.25) is 0 Å². The summed E-state index contributed by atoms with van der Waals surface area (Å²) in [5, 5.41) is 0. The Morgan fingerprint density at radius 3 is 3.00 bits per heavy atom. The molecule has 0 fully saturated rings. The van der Waals surface area contributed by atoms with E-state index in [1.54, 1.807) is 0 Å². The van der Waals surface area contributed by atoms with Crippen molar-refractivity contribution in [2.24, 2.45) is 0 Å². The summed E-state index contributed by atoms with van der Waals surface area (Å²) in [7, 11) is 0. The van der Waals surface area contributed by atoms with Gasteiger partial charge in [0, 0.05) is 0 Å². The summed E-state index contributed by atoms with van der Waals surface area (Å²) in [6.07, 6.45) is 0.0925. The largest absolute Gasteiger partial charge is 0.482 e. The van der Waals surface area contributed by atoms with Crippen LogP contribution in [0.5, 0.6) is 5.75 Å². The summed E-state index contributed by atoms with van der Waals surface area (Å²) in [4.78, 5) is 0. The Morgan fingerprint density at radius 1 is 1.25 bits per heavy atom. The molecule has 12 heavy (non-hydrogen) atoms. The lowest BCUT2D eigenvalue weighted by atomic mass is 10.1. The zero-order valence-corrected chi connectivity index (χ0v) is 6.70. The zero-order valence-electron chi connectivity index (χ0n) is 6.70. The van der Waals surface area contributed by atoms with Crippen LogP contribution in [0.4, 0.5) is 0 Å². The molecule has 1 atom stereocenters. The highest BCUT2D eigenvalue weighted by atomic mass is 16.6. The minimum atomic E-state index is 0.0925. The van der Waals surface area contributed by atoms with E-state index >= 15 is 0 Å². The van der Waals surface area contributed by atoms with Crippen molar-refractivity contribution in [2.75, 3.05) is 0 Å². The third-order valence-electron chi connectivity index (χ3n) is 2.20. The molecule has 60 valence electrons. The van der Waals surface area contributed by atoms with Gasteiger partial charge in [-0.25, -0.2) is 0 Å². The Hall–Kier alpha value is -1.44. The smallest absolute Gasteiger partial charge is 0.188 e. The van der Waals surface area contributed by atoms with Crippen LogP contribution in [0.25, 0.3) is 5.76 Å². The molecule has 1 unspecified atom stereocenters. The fraction of sp³-hybridized carbons (Fsp3) is 0.200. The Labute approximate surface area is 70.4 Å². The molecule has 0 amide bonds. The van der Waals surface area contributed by atoms with Crippen molar-refractivity contribution in [2.45, 2.75) is 13.0 Å². The summed E-state index contributed by atoms with van der Waals surface area (Å²) in [5.74, 6) is 2.94. The Balaban J connectivity index is 2.20. The highest BCUT2D eigenvalue weighted by Crippen LogP contribution is 2.47. The van der Waals surface area contributed by atoms with Crippen molar-refractivity contribution in [3.63, 3.8) is 0 Å². The van der Waals surface area contributed by atoms with E-state index in [0.717, 1.165) is 22.8 Å². The normalized spacial score (nSPS) is 23.6. The van der Waals surface area contributed by atoms with Crippen molar-refractivity contribution >= 4 is 5.76 Å². The van der Waals surface area contributed by atoms with E-state index in [1.807, 2.05) is 31.2 Å². The van der Waals surface area contributed by atoms with Gasteiger partial charge in [0.15, 0.2) is 17.6 Å². The summed E-state index contributed by atoms with van der Waals surface area (Å²) >= 11 is 0. The van der Waals surface area contributed by atoms with Gasteiger partial charge in [0.1, 0.15) is 5.75 Å². The van der Waals surface area contributed by atoms with Crippen molar-refractivity contribution in [3.05, 3.63) is 35.6 Å². The van der Waals surface area contributed by atoms with Gasteiger partial charge in [0.2, 0.25) is 0 Å². The second kappa shape index (κ2) is 1.83. The van der Waals surface area contributed by atoms with Crippen LogP contribution in [-0.4, -0.2) is 6.10 Å². The first kappa shape index (κ1) is 6.12. The second-order valence-electron chi connectivity index (χ2n) is 3.05. The topological polar surface area (TPSA) is 21.8 Å². The third-order valence-corrected chi connectivity index (χ3v) is 2.20. The number of para-hydroxylation sites is 1. The van der Waals surface area contributed by atoms with Crippen LogP contribution in [0.3, 0.4) is 0 Å². The van der Waals surface area contributed by atoms with E-state index in [4.69, 9.17) is 9.47 Å². The van der Waals surface area contributed by atoms with Crippen molar-refractivity contribution < 1.29 is 9.47 Å². The molecule has 0 aromatic heterocycles. The number of ether oxygens (including phenoxy) is 2. The first-order valence-corrected chi connectivity index (χ1v) is 4.04. The van der Waals surface area contributed by atoms with Crippen LogP contribution >= 0.6 is 0 Å². The Kier molecular flexibility index (Phi) is 0.933. The molecule has 2 aliphatic heterocycles. The first-order chi connectivity index (χ1) is 5.86. The van der Waals surface area contributed by atoms with E-state index in [2.05, 4.69) is 0 Å². The minimum absolute atomic E-state index is 0.0925. The third kappa shape index (κ3) is 0.644. The monoisotopic (exact) mass is 160 g/mol. The van der Waals surface area contributed by atoms with Crippen molar-refractivity contribution in [1.29, 1.82) is 0 Å². The number of hydrogen-bond donors (Lipinski definition) is 0. The lowest BCUT2D eigenvalue weighted by molar-refractivity contribution is 0.234. The van der Waals surface area contributed by atoms with Gasteiger partial charge in [0.25, 0.3) is 0 Å². The summed E-state index contributed by atoms with van der Waals surface area (Å²) in [6, 6.07) is 7.95. The van der Waals surface area contributed by atoms with Gasteiger partial charge < -0.3 is 9.47 Å². The molecule has 0 aliphatic carbocycles. The summed E-state index contributed by atoms with van der Waals surface area (Å²) in [6.45, 7) is 2.00. The minimum Gasteiger partial charge on any atom is -0.482 e. The number of hydrogen-bond acceptors (Lipinski definition) is 2. The van der Waals surface area contributed by atoms with Crippen LogP contribution in [0.15, 0.2) is 30.0 Å². The summed E-state index contributed by atoms with van der Waals surface area (Å²) < 4.78 is 10.9. The maximum absolute atomic E-state index is 5.60. The van der Waals surface area contributed by atoms with Gasteiger partial charge in [-0.15, -0.1) is 0 Å². The van der Waals surface area contributed by atoms with Gasteiger partial charge in [-0.2, -0.15) is 0 Å². The molecule has 1 aromatic carbocycles. The molecule has 1 aromatic rings. The molecule has 0 radical (unpaired) electrons. The van der Waals surface area contributed by atoms with Crippen molar-refractivity contribution in [1.82, 2.24) is 0 Å². The van der Waals surface area contributed by atoms with E-state index < -0.39 is 0 Å². The first-order valence-electron chi connectivity index (χ1n) is 4.04. The highest BCUT2D eigenvalue weighted by Gasteiger charge is 2.38. The van der Waals surface area contributed by atoms with Crippen molar-refractivity contribution in [3.8, 4) is 5.75 Å². The van der Waals surface area contributed by atoms with Crippen LogP contribution in [-0.2, 0) is 4.74 Å². The number of rotatable bonds is 0. The maximum atomic E-state index is 5.60. The number of benzene rings is 1. The van der Waals surface area contributed by atoms with Gasteiger partial charge in [0.05, 0.1) is 5.56 Å². The predicted octanol–water partition coefficient (Wildman–Crippen LogP) is 2.17. The number of fused-ring (bicyclic) bond motifs is 2. The molecule has 0 spiro atoms.